The smallest absolute Gasteiger partial charge is 0.358 e. The van der Waals surface area contributed by atoms with Crippen LogP contribution < -0.4 is 5.49 Å². The standard InChI is InChI=1S/C9H14N5O5P/c1-5(19-9(15)20(16,17)18)2-14-4-13-7(10)6-8(14)12-3-11-6/h3-5,9-10,15H,2H2,1H3,(H,11,12)(H2,16,17,18). The number of aromatic amines is 1. The van der Waals surface area contributed by atoms with Crippen molar-refractivity contribution in [1.29, 1.82) is 5.41 Å². The molecule has 2 atom stereocenters. The van der Waals surface area contributed by atoms with E-state index in [1.807, 2.05) is 0 Å². The van der Waals surface area contributed by atoms with Crippen LogP contribution >= 0.6 is 7.60 Å². The predicted octanol–water partition coefficient (Wildman–Crippen LogP) is -0.902. The fourth-order valence-corrected chi connectivity index (χ4v) is 2.03. The van der Waals surface area contributed by atoms with E-state index < -0.39 is 19.7 Å². The number of nitrogens with zero attached hydrogens (tertiary/aromatic N) is 3. The third-order valence-electron chi connectivity index (χ3n) is 2.55. The molecule has 2 rings (SSSR count). The Labute approximate surface area is 112 Å². The summed E-state index contributed by atoms with van der Waals surface area (Å²) in [7, 11) is -4.70. The zero-order chi connectivity index (χ0) is 14.9. The maximum absolute atomic E-state index is 10.8. The van der Waals surface area contributed by atoms with Crippen molar-refractivity contribution < 1.29 is 24.2 Å². The molecule has 20 heavy (non-hydrogen) atoms. The number of H-pyrrole nitrogens is 1. The van der Waals surface area contributed by atoms with Gasteiger partial charge in [0.2, 0.25) is 0 Å². The lowest BCUT2D eigenvalue weighted by Gasteiger charge is -2.19. The molecule has 0 saturated heterocycles. The van der Waals surface area contributed by atoms with Gasteiger partial charge in [0.15, 0.2) is 11.1 Å². The number of imidazole rings is 1. The molecule has 0 aliphatic rings. The van der Waals surface area contributed by atoms with Crippen LogP contribution in [0.2, 0.25) is 0 Å². The van der Waals surface area contributed by atoms with Crippen LogP contribution in [0.1, 0.15) is 6.92 Å². The van der Waals surface area contributed by atoms with E-state index in [0.717, 1.165) is 0 Å². The molecule has 0 aromatic carbocycles. The summed E-state index contributed by atoms with van der Waals surface area (Å²) in [5.41, 5.74) is 0.943. The molecule has 0 fully saturated rings. The second-order valence-corrected chi connectivity index (χ2v) is 5.83. The Balaban J connectivity index is 2.16. The number of aliphatic hydroxyl groups is 1. The summed E-state index contributed by atoms with van der Waals surface area (Å²) in [6.07, 6.45) is 2.09. The molecule has 0 aliphatic carbocycles. The van der Waals surface area contributed by atoms with Crippen LogP contribution in [0.25, 0.3) is 11.2 Å². The molecule has 0 spiro atoms. The van der Waals surface area contributed by atoms with Crippen LogP contribution in [-0.4, -0.2) is 46.5 Å². The van der Waals surface area contributed by atoms with Gasteiger partial charge >= 0.3 is 7.60 Å². The van der Waals surface area contributed by atoms with Crippen molar-refractivity contribution in [2.75, 3.05) is 0 Å². The summed E-state index contributed by atoms with van der Waals surface area (Å²) in [6.45, 7) is 1.70. The molecule has 110 valence electrons. The molecule has 0 saturated carbocycles. The van der Waals surface area contributed by atoms with E-state index >= 15 is 0 Å². The van der Waals surface area contributed by atoms with Crippen molar-refractivity contribution in [2.45, 2.75) is 25.6 Å². The Hall–Kier alpha value is -1.58. The Morgan fingerprint density at radius 1 is 1.55 bits per heavy atom. The van der Waals surface area contributed by atoms with E-state index in [0.29, 0.717) is 11.2 Å². The van der Waals surface area contributed by atoms with Gasteiger partial charge in [-0.2, -0.15) is 0 Å². The molecule has 0 radical (unpaired) electrons. The Morgan fingerprint density at radius 2 is 2.25 bits per heavy atom. The quantitative estimate of drug-likeness (QED) is 0.353. The topological polar surface area (TPSA) is 157 Å². The molecular formula is C9H14N5O5P. The largest absolute Gasteiger partial charge is 0.381 e. The molecule has 2 aromatic rings. The van der Waals surface area contributed by atoms with Gasteiger partial charge in [-0.15, -0.1) is 0 Å². The molecule has 2 aromatic heterocycles. The van der Waals surface area contributed by atoms with Gasteiger partial charge in [0.1, 0.15) is 5.52 Å². The Bertz CT molecular complexity index is 706. The highest BCUT2D eigenvalue weighted by atomic mass is 31.2. The summed E-state index contributed by atoms with van der Waals surface area (Å²) in [6, 6.07) is -2.17. The van der Waals surface area contributed by atoms with Gasteiger partial charge in [-0.25, -0.2) is 9.97 Å². The number of aromatic nitrogens is 4. The molecule has 0 aliphatic heterocycles. The van der Waals surface area contributed by atoms with Crippen LogP contribution in [0.4, 0.5) is 0 Å². The Morgan fingerprint density at radius 3 is 2.90 bits per heavy atom. The van der Waals surface area contributed by atoms with Crippen LogP contribution in [0.5, 0.6) is 0 Å². The van der Waals surface area contributed by atoms with E-state index in [2.05, 4.69) is 15.0 Å². The third-order valence-corrected chi connectivity index (χ3v) is 3.25. The van der Waals surface area contributed by atoms with Crippen molar-refractivity contribution in [3.05, 3.63) is 18.1 Å². The molecule has 2 unspecified atom stereocenters. The summed E-state index contributed by atoms with van der Waals surface area (Å²) >= 11 is 0. The average Bonchev–Trinajstić information content (AvgIpc) is 2.81. The minimum absolute atomic E-state index is 0.0394. The molecule has 0 bridgehead atoms. The summed E-state index contributed by atoms with van der Waals surface area (Å²) in [5.74, 6) is 0. The molecule has 10 nitrogen and oxygen atoms in total. The minimum Gasteiger partial charge on any atom is -0.358 e. The van der Waals surface area contributed by atoms with Crippen LogP contribution in [0.15, 0.2) is 12.7 Å². The van der Waals surface area contributed by atoms with Crippen molar-refractivity contribution in [1.82, 2.24) is 19.5 Å². The first-order valence-electron chi connectivity index (χ1n) is 5.61. The third kappa shape index (κ3) is 3.11. The fourth-order valence-electron chi connectivity index (χ4n) is 1.67. The summed E-state index contributed by atoms with van der Waals surface area (Å²) in [5, 5.41) is 16.8. The van der Waals surface area contributed by atoms with Crippen LogP contribution in [-0.2, 0) is 15.8 Å². The normalized spacial score (nSPS) is 15.4. The first kappa shape index (κ1) is 14.8. The van der Waals surface area contributed by atoms with E-state index in [4.69, 9.17) is 19.9 Å². The lowest BCUT2D eigenvalue weighted by Crippen LogP contribution is -2.25. The number of nitrogens with one attached hydrogen (secondary N) is 2. The van der Waals surface area contributed by atoms with Gasteiger partial charge in [0.25, 0.3) is 6.03 Å². The summed E-state index contributed by atoms with van der Waals surface area (Å²) < 4.78 is 17.2. The van der Waals surface area contributed by atoms with Crippen molar-refractivity contribution in [3.63, 3.8) is 0 Å². The first-order valence-corrected chi connectivity index (χ1v) is 7.29. The minimum atomic E-state index is -4.70. The lowest BCUT2D eigenvalue weighted by molar-refractivity contribution is -0.0934. The average molecular weight is 303 g/mol. The highest BCUT2D eigenvalue weighted by Gasteiger charge is 2.29. The van der Waals surface area contributed by atoms with E-state index in [9.17, 15) is 9.67 Å². The maximum atomic E-state index is 10.8. The van der Waals surface area contributed by atoms with Gasteiger partial charge in [-0.05, 0) is 6.92 Å². The maximum Gasteiger partial charge on any atom is 0.381 e. The van der Waals surface area contributed by atoms with Gasteiger partial charge in [0.05, 0.1) is 25.3 Å². The SMILES string of the molecule is CC(Cn1cnc(=N)c2[nH]cnc21)OC(O)P(=O)(O)O. The number of aliphatic hydroxyl groups excluding tert-OH is 1. The van der Waals surface area contributed by atoms with Gasteiger partial charge in [-0.3, -0.25) is 9.97 Å². The monoisotopic (exact) mass is 303 g/mol. The molecule has 2 heterocycles. The first-order chi connectivity index (χ1) is 9.29. The highest BCUT2D eigenvalue weighted by molar-refractivity contribution is 7.52. The zero-order valence-electron chi connectivity index (χ0n) is 10.5. The van der Waals surface area contributed by atoms with E-state index in [-0.39, 0.29) is 12.0 Å². The molecule has 5 N–H and O–H groups in total. The Kier molecular flexibility index (Phi) is 4.02. The molecular weight excluding hydrogens is 289 g/mol. The van der Waals surface area contributed by atoms with Crippen molar-refractivity contribution in [3.8, 4) is 0 Å². The number of fused-ring (bicyclic) bond motifs is 1. The lowest BCUT2D eigenvalue weighted by atomic mass is 10.4. The van der Waals surface area contributed by atoms with Crippen molar-refractivity contribution in [2.24, 2.45) is 0 Å². The number of ether oxygens (including phenoxy) is 1. The van der Waals surface area contributed by atoms with Gasteiger partial charge in [-0.1, -0.05) is 0 Å². The van der Waals surface area contributed by atoms with E-state index in [1.165, 1.54) is 12.7 Å². The fraction of sp³-hybridized carbons (Fsp3) is 0.444. The van der Waals surface area contributed by atoms with Gasteiger partial charge < -0.3 is 29.2 Å². The van der Waals surface area contributed by atoms with Crippen LogP contribution in [0, 0.1) is 5.41 Å². The van der Waals surface area contributed by atoms with E-state index in [1.54, 1.807) is 11.5 Å². The number of hydrogen-bond donors (Lipinski definition) is 5. The van der Waals surface area contributed by atoms with Crippen LogP contribution in [0.3, 0.4) is 0 Å². The predicted molar refractivity (Wildman–Crippen MR) is 66.3 cm³/mol. The molecule has 0 amide bonds. The van der Waals surface area contributed by atoms with Gasteiger partial charge in [0, 0.05) is 0 Å². The molecule has 11 heteroatoms. The second-order valence-electron chi connectivity index (χ2n) is 4.21. The highest BCUT2D eigenvalue weighted by Crippen LogP contribution is 2.40. The van der Waals surface area contributed by atoms with Crippen molar-refractivity contribution >= 4 is 18.8 Å². The number of hydrogen-bond acceptors (Lipinski definition) is 6. The zero-order valence-corrected chi connectivity index (χ0v) is 11.4. The second kappa shape index (κ2) is 5.43. The summed E-state index contributed by atoms with van der Waals surface area (Å²) in [4.78, 5) is 28.2. The number of rotatable bonds is 5.